The Morgan fingerprint density at radius 2 is 2.07 bits per heavy atom. The van der Waals surface area contributed by atoms with Gasteiger partial charge in [0.25, 0.3) is 11.6 Å². The first kappa shape index (κ1) is 18.6. The van der Waals surface area contributed by atoms with Crippen molar-refractivity contribution in [1.82, 2.24) is 10.1 Å². The van der Waals surface area contributed by atoms with E-state index in [1.54, 1.807) is 19.2 Å². The molecule has 9 heteroatoms. The third-order valence-electron chi connectivity index (χ3n) is 4.11. The quantitative estimate of drug-likeness (QED) is 0.314. The van der Waals surface area contributed by atoms with Crippen LogP contribution in [-0.4, -0.2) is 22.2 Å². The van der Waals surface area contributed by atoms with E-state index in [9.17, 15) is 10.1 Å². The van der Waals surface area contributed by atoms with Crippen molar-refractivity contribution in [2.45, 2.75) is 6.61 Å². The third kappa shape index (κ3) is 4.09. The van der Waals surface area contributed by atoms with Crippen LogP contribution in [0.1, 0.15) is 5.89 Å². The van der Waals surface area contributed by atoms with E-state index in [1.807, 2.05) is 35.7 Å². The average Bonchev–Trinajstić information content (AvgIpc) is 3.44. The van der Waals surface area contributed by atoms with Crippen LogP contribution in [0.3, 0.4) is 0 Å². The summed E-state index contributed by atoms with van der Waals surface area (Å²) in [4.78, 5) is 15.9. The minimum absolute atomic E-state index is 0.00106. The number of benzene rings is 2. The summed E-state index contributed by atoms with van der Waals surface area (Å²) in [6.45, 7) is 0.0349. The molecule has 29 heavy (non-hydrogen) atoms. The van der Waals surface area contributed by atoms with E-state index in [0.717, 1.165) is 10.4 Å². The van der Waals surface area contributed by atoms with E-state index in [-0.39, 0.29) is 12.3 Å². The molecular formula is C20H15N3O5S. The van der Waals surface area contributed by atoms with E-state index >= 15 is 0 Å². The summed E-state index contributed by atoms with van der Waals surface area (Å²) in [5, 5.41) is 17.0. The molecule has 0 aliphatic rings. The maximum absolute atomic E-state index is 11.1. The van der Waals surface area contributed by atoms with Crippen LogP contribution in [0.4, 0.5) is 5.69 Å². The molecule has 0 atom stereocenters. The molecule has 2 heterocycles. The Balaban J connectivity index is 1.55. The number of nitro benzene ring substituents is 1. The van der Waals surface area contributed by atoms with Gasteiger partial charge < -0.3 is 14.0 Å². The molecule has 0 saturated heterocycles. The smallest absolute Gasteiger partial charge is 0.270 e. The lowest BCUT2D eigenvalue weighted by Gasteiger charge is -2.08. The summed E-state index contributed by atoms with van der Waals surface area (Å²) < 4.78 is 16.3. The van der Waals surface area contributed by atoms with E-state index in [4.69, 9.17) is 14.0 Å². The van der Waals surface area contributed by atoms with E-state index in [2.05, 4.69) is 10.1 Å². The van der Waals surface area contributed by atoms with Gasteiger partial charge in [-0.15, -0.1) is 11.3 Å². The molecule has 8 nitrogen and oxygen atoms in total. The molecule has 4 rings (SSSR count). The van der Waals surface area contributed by atoms with Crippen LogP contribution in [0, 0.1) is 10.1 Å². The van der Waals surface area contributed by atoms with Gasteiger partial charge in [0, 0.05) is 28.1 Å². The zero-order chi connectivity index (χ0) is 20.2. The predicted octanol–water partition coefficient (Wildman–Crippen LogP) is 4.96. The van der Waals surface area contributed by atoms with Crippen LogP contribution in [-0.2, 0) is 6.61 Å². The van der Waals surface area contributed by atoms with Crippen LogP contribution in [0.5, 0.6) is 11.5 Å². The van der Waals surface area contributed by atoms with Crippen molar-refractivity contribution in [3.63, 3.8) is 0 Å². The van der Waals surface area contributed by atoms with Gasteiger partial charge in [0.2, 0.25) is 5.82 Å². The van der Waals surface area contributed by atoms with Crippen LogP contribution in [0.25, 0.3) is 21.8 Å². The van der Waals surface area contributed by atoms with Gasteiger partial charge >= 0.3 is 0 Å². The van der Waals surface area contributed by atoms with Gasteiger partial charge in [0.15, 0.2) is 6.61 Å². The van der Waals surface area contributed by atoms with Crippen LogP contribution in [0.2, 0.25) is 0 Å². The number of aromatic nitrogens is 2. The van der Waals surface area contributed by atoms with Crippen molar-refractivity contribution in [2.75, 3.05) is 7.11 Å². The number of rotatable bonds is 7. The van der Waals surface area contributed by atoms with Crippen molar-refractivity contribution in [3.05, 3.63) is 76.0 Å². The van der Waals surface area contributed by atoms with Crippen molar-refractivity contribution >= 4 is 17.0 Å². The maximum Gasteiger partial charge on any atom is 0.270 e. The third-order valence-corrected chi connectivity index (χ3v) is 5.01. The summed E-state index contributed by atoms with van der Waals surface area (Å²) in [5.41, 5.74) is 1.40. The monoisotopic (exact) mass is 409 g/mol. The van der Waals surface area contributed by atoms with Crippen LogP contribution >= 0.6 is 11.3 Å². The van der Waals surface area contributed by atoms with Crippen LogP contribution < -0.4 is 9.47 Å². The van der Waals surface area contributed by atoms with Gasteiger partial charge in [-0.3, -0.25) is 10.1 Å². The Labute approximate surface area is 169 Å². The number of nitrogens with zero attached hydrogens (tertiary/aromatic N) is 3. The second kappa shape index (κ2) is 8.11. The molecule has 0 N–H and O–H groups in total. The average molecular weight is 409 g/mol. The fraction of sp³-hybridized carbons (Fsp3) is 0.100. The Kier molecular flexibility index (Phi) is 5.21. The lowest BCUT2D eigenvalue weighted by atomic mass is 10.1. The number of nitro groups is 1. The first-order valence-corrected chi connectivity index (χ1v) is 9.44. The number of hydrogen-bond donors (Lipinski definition) is 0. The SMILES string of the molecule is COc1cccc(-c2noc(COc3ccc([N+](=O)[O-])cc3-c3cccs3)n2)c1. The second-order valence-electron chi connectivity index (χ2n) is 5.95. The van der Waals surface area contributed by atoms with Gasteiger partial charge in [-0.05, 0) is 29.6 Å². The summed E-state index contributed by atoms with van der Waals surface area (Å²) in [6, 6.07) is 15.6. The molecule has 0 bridgehead atoms. The summed E-state index contributed by atoms with van der Waals surface area (Å²) in [7, 11) is 1.59. The number of hydrogen-bond acceptors (Lipinski definition) is 8. The number of thiophene rings is 1. The molecule has 146 valence electrons. The summed E-state index contributed by atoms with van der Waals surface area (Å²) in [5.74, 6) is 1.90. The highest BCUT2D eigenvalue weighted by atomic mass is 32.1. The molecule has 2 aromatic carbocycles. The number of non-ortho nitro benzene ring substituents is 1. The standard InChI is InChI=1S/C20H15N3O5S/c1-26-15-5-2-4-13(10-15)20-21-19(28-22-20)12-27-17-8-7-14(23(24)25)11-16(17)18-6-3-9-29-18/h2-11H,12H2,1H3. The highest BCUT2D eigenvalue weighted by Crippen LogP contribution is 2.36. The van der Waals surface area contributed by atoms with E-state index in [0.29, 0.717) is 28.8 Å². The highest BCUT2D eigenvalue weighted by Gasteiger charge is 2.16. The maximum atomic E-state index is 11.1. The van der Waals surface area contributed by atoms with Gasteiger partial charge in [-0.2, -0.15) is 4.98 Å². The van der Waals surface area contributed by atoms with Gasteiger partial charge in [-0.25, -0.2) is 0 Å². The molecule has 0 aliphatic carbocycles. The molecular weight excluding hydrogens is 394 g/mol. The van der Waals surface area contributed by atoms with Crippen molar-refractivity contribution in [1.29, 1.82) is 0 Å². The molecule has 4 aromatic rings. The molecule has 0 amide bonds. The van der Waals surface area contributed by atoms with Crippen molar-refractivity contribution in [3.8, 4) is 33.3 Å². The van der Waals surface area contributed by atoms with E-state index < -0.39 is 4.92 Å². The lowest BCUT2D eigenvalue weighted by molar-refractivity contribution is -0.384. The summed E-state index contributed by atoms with van der Waals surface area (Å²) in [6.07, 6.45) is 0. The molecule has 0 spiro atoms. The number of ether oxygens (including phenoxy) is 2. The van der Waals surface area contributed by atoms with Crippen molar-refractivity contribution in [2.24, 2.45) is 0 Å². The van der Waals surface area contributed by atoms with Crippen molar-refractivity contribution < 1.29 is 18.9 Å². The number of methoxy groups -OCH3 is 1. The van der Waals surface area contributed by atoms with Crippen LogP contribution in [0.15, 0.2) is 64.5 Å². The molecule has 2 aromatic heterocycles. The first-order valence-electron chi connectivity index (χ1n) is 8.56. The molecule has 0 saturated carbocycles. The summed E-state index contributed by atoms with van der Waals surface area (Å²) >= 11 is 1.47. The largest absolute Gasteiger partial charge is 0.497 e. The minimum Gasteiger partial charge on any atom is -0.497 e. The minimum atomic E-state index is -0.431. The Morgan fingerprint density at radius 3 is 2.83 bits per heavy atom. The topological polar surface area (TPSA) is 101 Å². The Bertz CT molecular complexity index is 1140. The fourth-order valence-corrected chi connectivity index (χ4v) is 3.46. The second-order valence-corrected chi connectivity index (χ2v) is 6.89. The zero-order valence-electron chi connectivity index (χ0n) is 15.3. The molecule has 0 aliphatic heterocycles. The molecule has 0 fully saturated rings. The Morgan fingerprint density at radius 1 is 1.17 bits per heavy atom. The normalized spacial score (nSPS) is 10.7. The first-order chi connectivity index (χ1) is 14.1. The van der Waals surface area contributed by atoms with Gasteiger partial charge in [-0.1, -0.05) is 23.4 Å². The highest BCUT2D eigenvalue weighted by molar-refractivity contribution is 7.13. The van der Waals surface area contributed by atoms with Gasteiger partial charge in [0.1, 0.15) is 11.5 Å². The fourth-order valence-electron chi connectivity index (χ4n) is 2.71. The molecule has 0 unspecified atom stereocenters. The Hall–Kier alpha value is -3.72. The van der Waals surface area contributed by atoms with Gasteiger partial charge in [0.05, 0.1) is 12.0 Å². The lowest BCUT2D eigenvalue weighted by Crippen LogP contribution is -1.98. The molecule has 0 radical (unpaired) electrons. The zero-order valence-corrected chi connectivity index (χ0v) is 16.1. The van der Waals surface area contributed by atoms with E-state index in [1.165, 1.54) is 23.5 Å². The predicted molar refractivity (Wildman–Crippen MR) is 107 cm³/mol.